The minimum absolute atomic E-state index is 0.0441. The van der Waals surface area contributed by atoms with Crippen LogP contribution in [-0.4, -0.2) is 44.0 Å². The van der Waals surface area contributed by atoms with Crippen LogP contribution >= 0.6 is 0 Å². The van der Waals surface area contributed by atoms with E-state index < -0.39 is 0 Å². The molecule has 0 bridgehead atoms. The van der Waals surface area contributed by atoms with Gasteiger partial charge in [-0.25, -0.2) is 0 Å². The third-order valence-corrected chi connectivity index (χ3v) is 4.33. The third-order valence-electron chi connectivity index (χ3n) is 4.33. The maximum Gasteiger partial charge on any atom is 0.237 e. The fourth-order valence-corrected chi connectivity index (χ4v) is 2.98. The number of carbonyl (C=O) groups excluding carboxylic acids is 1. The van der Waals surface area contributed by atoms with E-state index in [-0.39, 0.29) is 18.0 Å². The zero-order chi connectivity index (χ0) is 15.2. The molecule has 1 aromatic rings. The summed E-state index contributed by atoms with van der Waals surface area (Å²) in [7, 11) is 4.09. The summed E-state index contributed by atoms with van der Waals surface area (Å²) in [5, 5.41) is 6.46. The van der Waals surface area contributed by atoms with Gasteiger partial charge in [0.1, 0.15) is 0 Å². The zero-order valence-electron chi connectivity index (χ0n) is 13.3. The predicted molar refractivity (Wildman–Crippen MR) is 86.1 cm³/mol. The van der Waals surface area contributed by atoms with Gasteiger partial charge in [0.2, 0.25) is 5.91 Å². The number of carbonyl (C=O) groups is 1. The number of benzene rings is 1. The van der Waals surface area contributed by atoms with E-state index in [1.807, 2.05) is 32.3 Å². The number of likely N-dealkylation sites (N-methyl/N-ethyl adjacent to an activating group) is 1. The van der Waals surface area contributed by atoms with Gasteiger partial charge in [-0.05, 0) is 45.0 Å². The van der Waals surface area contributed by atoms with E-state index in [1.165, 1.54) is 5.56 Å². The van der Waals surface area contributed by atoms with Gasteiger partial charge >= 0.3 is 0 Å². The highest BCUT2D eigenvalue weighted by atomic mass is 16.2. The van der Waals surface area contributed by atoms with Crippen LogP contribution in [0.15, 0.2) is 30.3 Å². The van der Waals surface area contributed by atoms with Crippen LogP contribution in [0.25, 0.3) is 0 Å². The molecule has 1 aliphatic heterocycles. The molecule has 4 nitrogen and oxygen atoms in total. The second-order valence-electron chi connectivity index (χ2n) is 6.19. The molecule has 1 saturated heterocycles. The van der Waals surface area contributed by atoms with Gasteiger partial charge in [-0.15, -0.1) is 0 Å². The van der Waals surface area contributed by atoms with Gasteiger partial charge in [0, 0.05) is 6.54 Å². The molecule has 1 aliphatic rings. The second-order valence-corrected chi connectivity index (χ2v) is 6.19. The van der Waals surface area contributed by atoms with Crippen molar-refractivity contribution in [2.75, 3.05) is 27.2 Å². The normalized spacial score (nSPS) is 23.8. The molecule has 116 valence electrons. The number of nitrogens with one attached hydrogen (secondary N) is 2. The molecule has 1 fully saturated rings. The van der Waals surface area contributed by atoms with Crippen LogP contribution in [0.1, 0.15) is 31.4 Å². The molecule has 2 N–H and O–H groups in total. The van der Waals surface area contributed by atoms with Crippen LogP contribution < -0.4 is 10.6 Å². The summed E-state index contributed by atoms with van der Waals surface area (Å²) in [5.74, 6) is 0.540. The monoisotopic (exact) mass is 289 g/mol. The maximum absolute atomic E-state index is 12.4. The highest BCUT2D eigenvalue weighted by Crippen LogP contribution is 2.18. The Kier molecular flexibility index (Phi) is 5.76. The van der Waals surface area contributed by atoms with E-state index in [4.69, 9.17) is 0 Å². The van der Waals surface area contributed by atoms with Gasteiger partial charge in [-0.2, -0.15) is 0 Å². The van der Waals surface area contributed by atoms with Crippen LogP contribution in [-0.2, 0) is 4.79 Å². The van der Waals surface area contributed by atoms with Crippen molar-refractivity contribution in [3.8, 4) is 0 Å². The van der Waals surface area contributed by atoms with Crippen LogP contribution in [0.4, 0.5) is 0 Å². The molecule has 0 saturated carbocycles. The van der Waals surface area contributed by atoms with Crippen molar-refractivity contribution in [3.05, 3.63) is 35.9 Å². The highest BCUT2D eigenvalue weighted by molar-refractivity contribution is 5.82. The first-order valence-electron chi connectivity index (χ1n) is 7.82. The lowest BCUT2D eigenvalue weighted by Crippen LogP contribution is -2.52. The molecular weight excluding hydrogens is 262 g/mol. The Labute approximate surface area is 127 Å². The summed E-state index contributed by atoms with van der Waals surface area (Å²) in [4.78, 5) is 14.5. The quantitative estimate of drug-likeness (QED) is 0.868. The van der Waals surface area contributed by atoms with E-state index in [0.29, 0.717) is 12.5 Å². The first-order chi connectivity index (χ1) is 10.1. The molecule has 0 radical (unpaired) electrons. The van der Waals surface area contributed by atoms with Crippen molar-refractivity contribution in [1.29, 1.82) is 0 Å². The van der Waals surface area contributed by atoms with Crippen LogP contribution in [0.5, 0.6) is 0 Å². The summed E-state index contributed by atoms with van der Waals surface area (Å²) in [5.41, 5.74) is 1.23. The first-order valence-corrected chi connectivity index (χ1v) is 7.82. The molecular formula is C17H27N3O. The minimum Gasteiger partial charge on any atom is -0.353 e. The number of piperidine rings is 1. The number of nitrogens with zero attached hydrogens (tertiary/aromatic N) is 1. The standard InChI is InChI=1S/C17H27N3O/c1-13-8-7-11-18-16(13)17(21)19-12-15(20(2)3)14-9-5-4-6-10-14/h4-6,9-10,13,15-16,18H,7-8,11-12H2,1-3H3,(H,19,21). The second kappa shape index (κ2) is 7.57. The summed E-state index contributed by atoms with van der Waals surface area (Å²) in [6.45, 7) is 3.73. The summed E-state index contributed by atoms with van der Waals surface area (Å²) < 4.78 is 0. The maximum atomic E-state index is 12.4. The number of hydrogen-bond acceptors (Lipinski definition) is 3. The smallest absolute Gasteiger partial charge is 0.237 e. The number of hydrogen-bond donors (Lipinski definition) is 2. The fourth-order valence-electron chi connectivity index (χ4n) is 2.98. The van der Waals surface area contributed by atoms with Gasteiger partial charge < -0.3 is 15.5 Å². The SMILES string of the molecule is CC1CCCNC1C(=O)NCC(c1ccccc1)N(C)C. The Morgan fingerprint density at radius 3 is 2.71 bits per heavy atom. The molecule has 1 aromatic carbocycles. The van der Waals surface area contributed by atoms with Gasteiger partial charge in [0.15, 0.2) is 0 Å². The van der Waals surface area contributed by atoms with Gasteiger partial charge in [-0.1, -0.05) is 37.3 Å². The Morgan fingerprint density at radius 1 is 1.38 bits per heavy atom. The molecule has 0 aliphatic carbocycles. The summed E-state index contributed by atoms with van der Waals surface area (Å²) in [6.07, 6.45) is 2.29. The predicted octanol–water partition coefficient (Wildman–Crippen LogP) is 1.79. The number of amides is 1. The molecule has 4 heteroatoms. The first kappa shape index (κ1) is 16.0. The Hall–Kier alpha value is -1.39. The van der Waals surface area contributed by atoms with E-state index >= 15 is 0 Å². The van der Waals surface area contributed by atoms with E-state index in [0.717, 1.165) is 19.4 Å². The van der Waals surface area contributed by atoms with Gasteiger partial charge in [0.25, 0.3) is 0 Å². The lowest BCUT2D eigenvalue weighted by atomic mass is 9.92. The molecule has 0 aromatic heterocycles. The topological polar surface area (TPSA) is 44.4 Å². The Balaban J connectivity index is 1.94. The summed E-state index contributed by atoms with van der Waals surface area (Å²) >= 11 is 0. The minimum atomic E-state index is -0.0441. The zero-order valence-corrected chi connectivity index (χ0v) is 13.3. The highest BCUT2D eigenvalue weighted by Gasteiger charge is 2.27. The average molecular weight is 289 g/mol. The van der Waals surface area contributed by atoms with Crippen LogP contribution in [0.2, 0.25) is 0 Å². The van der Waals surface area contributed by atoms with Crippen LogP contribution in [0, 0.1) is 5.92 Å². The van der Waals surface area contributed by atoms with Crippen molar-refractivity contribution in [1.82, 2.24) is 15.5 Å². The van der Waals surface area contributed by atoms with Crippen LogP contribution in [0.3, 0.4) is 0 Å². The van der Waals surface area contributed by atoms with E-state index in [2.05, 4.69) is 34.6 Å². The average Bonchev–Trinajstić information content (AvgIpc) is 2.48. The lowest BCUT2D eigenvalue weighted by molar-refractivity contribution is -0.125. The lowest BCUT2D eigenvalue weighted by Gasteiger charge is -2.31. The van der Waals surface area contributed by atoms with Crippen molar-refractivity contribution in [3.63, 3.8) is 0 Å². The molecule has 21 heavy (non-hydrogen) atoms. The largest absolute Gasteiger partial charge is 0.353 e. The number of rotatable bonds is 5. The van der Waals surface area contributed by atoms with Crippen molar-refractivity contribution < 1.29 is 4.79 Å². The van der Waals surface area contributed by atoms with Crippen molar-refractivity contribution in [2.45, 2.75) is 31.8 Å². The molecule has 3 unspecified atom stereocenters. The van der Waals surface area contributed by atoms with Gasteiger partial charge in [-0.3, -0.25) is 4.79 Å². The van der Waals surface area contributed by atoms with Crippen molar-refractivity contribution >= 4 is 5.91 Å². The fraction of sp³-hybridized carbons (Fsp3) is 0.588. The Bertz CT molecular complexity index is 447. The van der Waals surface area contributed by atoms with Crippen molar-refractivity contribution in [2.24, 2.45) is 5.92 Å². The molecule has 3 atom stereocenters. The Morgan fingerprint density at radius 2 is 2.10 bits per heavy atom. The summed E-state index contributed by atoms with van der Waals surface area (Å²) in [6, 6.07) is 10.5. The third kappa shape index (κ3) is 4.29. The van der Waals surface area contributed by atoms with E-state index in [1.54, 1.807) is 0 Å². The molecule has 1 heterocycles. The molecule has 1 amide bonds. The molecule has 0 spiro atoms. The molecule has 2 rings (SSSR count). The van der Waals surface area contributed by atoms with Gasteiger partial charge in [0.05, 0.1) is 12.1 Å². The van der Waals surface area contributed by atoms with E-state index in [9.17, 15) is 4.79 Å².